The molecule has 1 saturated carbocycles. The van der Waals surface area contributed by atoms with Crippen molar-refractivity contribution in [2.45, 2.75) is 87.4 Å². The molecule has 0 radical (unpaired) electrons. The molecule has 8 rings (SSSR count). The molecule has 18 heteroatoms. The number of anilines is 1. The highest BCUT2D eigenvalue weighted by Crippen LogP contribution is 2.51. The fraction of sp³-hybridized carbons (Fsp3) is 0.348. The van der Waals surface area contributed by atoms with Crippen molar-refractivity contribution in [1.82, 2.24) is 24.6 Å². The van der Waals surface area contributed by atoms with Crippen molar-refractivity contribution < 1.29 is 47.2 Å². The van der Waals surface area contributed by atoms with E-state index in [9.17, 15) is 24.4 Å². The van der Waals surface area contributed by atoms with Crippen LogP contribution in [0, 0.1) is 0 Å². The van der Waals surface area contributed by atoms with Gasteiger partial charge in [-0.2, -0.15) is 10.1 Å². The topological polar surface area (TPSA) is 208 Å². The molecule has 2 aromatic heterocycles. The highest BCUT2D eigenvalue weighted by molar-refractivity contribution is 7.52. The number of nitrogens with one attached hydrogen (secondary N) is 3. The number of nitrogens with zero attached hydrogens (tertiary/aromatic N) is 3. The fourth-order valence-corrected chi connectivity index (χ4v) is 9.79. The summed E-state index contributed by atoms with van der Waals surface area (Å²) in [6.45, 7) is 1.28. The zero-order chi connectivity index (χ0) is 45.1. The van der Waals surface area contributed by atoms with Crippen LogP contribution in [0.5, 0.6) is 11.5 Å². The number of ether oxygens (including phenoxy) is 3. The van der Waals surface area contributed by atoms with Crippen LogP contribution in [0.2, 0.25) is 0 Å². The zero-order valence-corrected chi connectivity index (χ0v) is 36.3. The number of fused-ring (bicyclic) bond motifs is 1. The fourth-order valence-electron chi connectivity index (χ4n) is 8.28. The second-order valence-corrected chi connectivity index (χ2v) is 17.9. The molecule has 64 heavy (non-hydrogen) atoms. The van der Waals surface area contributed by atoms with Crippen LogP contribution in [0.4, 0.5) is 10.3 Å². The number of aliphatic hydroxyl groups excluding tert-OH is 1. The Hall–Kier alpha value is -5.94. The van der Waals surface area contributed by atoms with Crippen molar-refractivity contribution >= 4 is 30.8 Å². The van der Waals surface area contributed by atoms with E-state index in [4.69, 9.17) is 28.2 Å². The van der Waals surface area contributed by atoms with Gasteiger partial charge in [-0.05, 0) is 80.5 Å². The summed E-state index contributed by atoms with van der Waals surface area (Å²) in [5.74, 6) is -3.29. The Balaban J connectivity index is 1.11. The summed E-state index contributed by atoms with van der Waals surface area (Å²) in [6, 6.07) is 33.1. The Bertz CT molecular complexity index is 2610. The predicted octanol–water partition coefficient (Wildman–Crippen LogP) is 6.90. The molecular formula is C46H50FN6O10P. The second-order valence-electron chi connectivity index (χ2n) is 16.2. The smallest absolute Gasteiger partial charge is 0.459 e. The van der Waals surface area contributed by atoms with Crippen molar-refractivity contribution in [1.29, 1.82) is 0 Å². The van der Waals surface area contributed by atoms with Gasteiger partial charge in [-0.3, -0.25) is 23.7 Å². The molecule has 6 aromatic rings. The minimum Gasteiger partial charge on any atom is -0.497 e. The molecular weight excluding hydrogens is 847 g/mol. The Morgan fingerprint density at radius 2 is 1.55 bits per heavy atom. The lowest BCUT2D eigenvalue weighted by Crippen LogP contribution is -2.49. The minimum absolute atomic E-state index is 0.0305. The molecule has 2 aliphatic rings. The highest BCUT2D eigenvalue weighted by atomic mass is 31.2. The van der Waals surface area contributed by atoms with Gasteiger partial charge in [0.1, 0.15) is 47.5 Å². The number of hydrogen-bond donors (Lipinski definition) is 5. The maximum absolute atomic E-state index is 17.1. The number of methoxy groups -OCH3 is 1. The van der Waals surface area contributed by atoms with E-state index in [1.54, 1.807) is 25.3 Å². The van der Waals surface area contributed by atoms with Crippen LogP contribution in [0.1, 0.15) is 68.9 Å². The summed E-state index contributed by atoms with van der Waals surface area (Å²) in [7, 11) is -3.09. The SMILES string of the molecule is COc1ccc(C(Nc2nc3c(ncn3[C@@H]3O[C@](F)(COP(=O)(N[C@@H](C)C(=O)OC4CCCCC4)Oc4ccccc4)[C@@H](O)[C@@]3(C)O)c(=O)[nH]2)(c2ccccc2)c2ccccc2)cc1. The number of aromatic amines is 1. The first-order valence-electron chi connectivity index (χ1n) is 21.0. The number of halogens is 1. The standard InChI is InChI=1S/C46H50FN6O10P/c1-30(40(55)61-35-20-12-6-13-21-35)52-64(58,63-36-22-14-7-15-23-36)60-28-45(47)41(56)44(2,57)42(62-45)53-29-48-37-38(53)49-43(50-39(37)54)51-46(31-16-8-4-9-17-31,32-18-10-5-11-19-32)33-24-26-34(59-3)27-25-33/h4-5,7-11,14-19,22-27,29-30,35,41-42,56-57H,6,12-13,20-21,28H2,1-3H3,(H,52,58)(H2,49,50,51,54)/t30-,41-,42+,44+,45+,64?/m0/s1. The van der Waals surface area contributed by atoms with Crippen LogP contribution >= 0.6 is 7.75 Å². The Kier molecular flexibility index (Phi) is 12.8. The van der Waals surface area contributed by atoms with Gasteiger partial charge in [0.25, 0.3) is 11.4 Å². The third-order valence-corrected chi connectivity index (χ3v) is 13.3. The number of esters is 1. The number of carbonyl (C=O) groups excluding carboxylic acids is 1. The van der Waals surface area contributed by atoms with Crippen LogP contribution in [0.15, 0.2) is 126 Å². The number of aromatic nitrogens is 4. The third kappa shape index (κ3) is 8.92. The van der Waals surface area contributed by atoms with E-state index < -0.39 is 61.3 Å². The van der Waals surface area contributed by atoms with Gasteiger partial charge in [0.2, 0.25) is 5.95 Å². The lowest BCUT2D eigenvalue weighted by atomic mass is 9.77. The average Bonchev–Trinajstić information content (AvgIpc) is 3.81. The van der Waals surface area contributed by atoms with Crippen LogP contribution in [-0.4, -0.2) is 79.1 Å². The average molecular weight is 897 g/mol. The summed E-state index contributed by atoms with van der Waals surface area (Å²) in [5.41, 5.74) is -2.27. The molecule has 4 aromatic carbocycles. The number of hydrogen-bond acceptors (Lipinski definition) is 13. The molecule has 2 fully saturated rings. The van der Waals surface area contributed by atoms with Crippen LogP contribution in [0.25, 0.3) is 11.2 Å². The molecule has 336 valence electrons. The molecule has 1 unspecified atom stereocenters. The molecule has 1 aliphatic heterocycles. The molecule has 0 spiro atoms. The van der Waals surface area contributed by atoms with Gasteiger partial charge >= 0.3 is 13.7 Å². The number of carbonyl (C=O) groups is 1. The van der Waals surface area contributed by atoms with Gasteiger partial charge in [-0.15, -0.1) is 0 Å². The van der Waals surface area contributed by atoms with Crippen molar-refractivity contribution in [2.75, 3.05) is 19.0 Å². The summed E-state index contributed by atoms with van der Waals surface area (Å²) < 4.78 is 60.8. The van der Waals surface area contributed by atoms with E-state index in [-0.39, 0.29) is 29.0 Å². The number of rotatable bonds is 16. The lowest BCUT2D eigenvalue weighted by Gasteiger charge is -2.37. The quantitative estimate of drug-likeness (QED) is 0.0381. The maximum Gasteiger partial charge on any atom is 0.459 e. The van der Waals surface area contributed by atoms with Gasteiger partial charge < -0.3 is 34.3 Å². The van der Waals surface area contributed by atoms with Gasteiger partial charge in [0.05, 0.1) is 13.4 Å². The number of para-hydroxylation sites is 1. The molecule has 0 amide bonds. The molecule has 0 bridgehead atoms. The Labute approximate surface area is 368 Å². The van der Waals surface area contributed by atoms with E-state index in [1.165, 1.54) is 19.1 Å². The third-order valence-electron chi connectivity index (χ3n) is 11.6. The van der Waals surface area contributed by atoms with E-state index >= 15 is 4.39 Å². The normalized spacial score (nSPS) is 23.0. The van der Waals surface area contributed by atoms with Gasteiger partial charge in [-0.1, -0.05) is 97.4 Å². The molecule has 1 saturated heterocycles. The monoisotopic (exact) mass is 896 g/mol. The van der Waals surface area contributed by atoms with Crippen molar-refractivity contribution in [3.8, 4) is 11.5 Å². The Morgan fingerprint density at radius 1 is 0.953 bits per heavy atom. The van der Waals surface area contributed by atoms with Gasteiger partial charge in [0, 0.05) is 0 Å². The van der Waals surface area contributed by atoms with Crippen molar-refractivity contribution in [3.63, 3.8) is 0 Å². The first-order valence-corrected chi connectivity index (χ1v) is 22.5. The minimum atomic E-state index is -4.66. The molecule has 5 N–H and O–H groups in total. The number of imidazole rings is 1. The largest absolute Gasteiger partial charge is 0.497 e. The van der Waals surface area contributed by atoms with E-state index in [0.717, 1.165) is 53.8 Å². The molecule has 3 heterocycles. The Morgan fingerprint density at radius 3 is 2.16 bits per heavy atom. The van der Waals surface area contributed by atoms with Gasteiger partial charge in [0.15, 0.2) is 17.4 Å². The first kappa shape index (κ1) is 44.7. The second kappa shape index (κ2) is 18.3. The molecule has 6 atom stereocenters. The maximum atomic E-state index is 17.1. The number of alkyl halides is 1. The molecule has 1 aliphatic carbocycles. The van der Waals surface area contributed by atoms with Crippen molar-refractivity contribution in [3.05, 3.63) is 149 Å². The summed E-state index contributed by atoms with van der Waals surface area (Å²) >= 11 is 0. The van der Waals surface area contributed by atoms with Gasteiger partial charge in [-0.25, -0.2) is 13.9 Å². The van der Waals surface area contributed by atoms with E-state index in [2.05, 4.69) is 20.4 Å². The van der Waals surface area contributed by atoms with E-state index in [0.29, 0.717) is 18.6 Å². The lowest BCUT2D eigenvalue weighted by molar-refractivity contribution is -0.202. The highest BCUT2D eigenvalue weighted by Gasteiger charge is 2.64. The number of benzene rings is 4. The predicted molar refractivity (Wildman–Crippen MR) is 234 cm³/mol. The first-order chi connectivity index (χ1) is 30.7. The van der Waals surface area contributed by atoms with Crippen LogP contribution < -0.4 is 25.2 Å². The number of H-pyrrole nitrogens is 1. The van der Waals surface area contributed by atoms with E-state index in [1.807, 2.05) is 84.9 Å². The van der Waals surface area contributed by atoms with Crippen LogP contribution in [-0.2, 0) is 28.9 Å². The van der Waals surface area contributed by atoms with Crippen LogP contribution in [0.3, 0.4) is 0 Å². The summed E-state index contributed by atoms with van der Waals surface area (Å²) in [5, 5.41) is 29.3. The summed E-state index contributed by atoms with van der Waals surface area (Å²) in [6.07, 6.45) is 1.00. The van der Waals surface area contributed by atoms with Crippen molar-refractivity contribution in [2.24, 2.45) is 0 Å². The zero-order valence-electron chi connectivity index (χ0n) is 35.4. The summed E-state index contributed by atoms with van der Waals surface area (Å²) in [4.78, 5) is 38.7. The molecule has 16 nitrogen and oxygen atoms in total. The number of aliphatic hydroxyl groups is 2.